The van der Waals surface area contributed by atoms with Crippen molar-refractivity contribution in [3.05, 3.63) is 88.6 Å². The number of hydrogen-bond acceptors (Lipinski definition) is 7. The first kappa shape index (κ1) is 27.5. The van der Waals surface area contributed by atoms with E-state index < -0.39 is 17.4 Å². The highest BCUT2D eigenvalue weighted by Crippen LogP contribution is 2.50. The molecule has 43 heavy (non-hydrogen) atoms. The second kappa shape index (κ2) is 11.1. The fourth-order valence-corrected chi connectivity index (χ4v) is 6.26. The number of imidazole rings is 1. The summed E-state index contributed by atoms with van der Waals surface area (Å²) in [7, 11) is 0. The summed E-state index contributed by atoms with van der Waals surface area (Å²) in [6.45, 7) is 3.85. The molecule has 2 aromatic heterocycles. The van der Waals surface area contributed by atoms with Crippen LogP contribution in [-0.4, -0.2) is 56.3 Å². The van der Waals surface area contributed by atoms with E-state index in [2.05, 4.69) is 9.47 Å². The maximum absolute atomic E-state index is 14.8. The molecule has 0 radical (unpaired) electrons. The maximum atomic E-state index is 14.8. The number of carboxylic acids is 1. The number of aromatic nitrogens is 3. The Morgan fingerprint density at radius 3 is 2.60 bits per heavy atom. The SMILES string of the molecule is N#Cc1ccc(C2(Oc3cccc(C4CCN(Cc5nc6ccc(C(=O)O)cc6n5CC5CCO5)CC4)n3)CC2)c(F)c1. The first-order valence-corrected chi connectivity index (χ1v) is 14.8. The van der Waals surface area contributed by atoms with Crippen molar-refractivity contribution in [2.75, 3.05) is 19.7 Å². The zero-order valence-corrected chi connectivity index (χ0v) is 23.7. The van der Waals surface area contributed by atoms with Crippen molar-refractivity contribution < 1.29 is 23.8 Å². The lowest BCUT2D eigenvalue weighted by atomic mass is 9.93. The Kier molecular flexibility index (Phi) is 7.07. The fourth-order valence-electron chi connectivity index (χ4n) is 6.26. The second-order valence-corrected chi connectivity index (χ2v) is 11.8. The molecule has 2 saturated heterocycles. The van der Waals surface area contributed by atoms with E-state index in [1.165, 1.54) is 6.07 Å². The molecule has 9 nitrogen and oxygen atoms in total. The zero-order chi connectivity index (χ0) is 29.6. The van der Waals surface area contributed by atoms with Crippen LogP contribution in [0.4, 0.5) is 4.39 Å². The number of rotatable bonds is 9. The van der Waals surface area contributed by atoms with Crippen LogP contribution < -0.4 is 4.74 Å². The van der Waals surface area contributed by atoms with Crippen LogP contribution in [0.1, 0.15) is 71.0 Å². The van der Waals surface area contributed by atoms with Crippen LogP contribution in [0.25, 0.3) is 11.0 Å². The Hall–Kier alpha value is -4.33. The molecule has 2 aromatic carbocycles. The van der Waals surface area contributed by atoms with E-state index in [0.29, 0.717) is 42.9 Å². The molecular formula is C33H32FN5O4. The number of halogens is 1. The topological polar surface area (TPSA) is 114 Å². The quantitative estimate of drug-likeness (QED) is 0.281. The molecular weight excluding hydrogens is 549 g/mol. The lowest BCUT2D eigenvalue weighted by molar-refractivity contribution is -0.0592. The number of nitriles is 1. The molecule has 0 bridgehead atoms. The second-order valence-electron chi connectivity index (χ2n) is 11.8. The maximum Gasteiger partial charge on any atom is 0.335 e. The molecule has 0 amide bonds. The van der Waals surface area contributed by atoms with Crippen molar-refractivity contribution in [1.29, 1.82) is 5.26 Å². The van der Waals surface area contributed by atoms with E-state index in [0.717, 1.165) is 61.5 Å². The third kappa shape index (κ3) is 5.46. The number of carbonyl (C=O) groups is 1. The van der Waals surface area contributed by atoms with Crippen LogP contribution in [0.5, 0.6) is 5.88 Å². The van der Waals surface area contributed by atoms with Crippen molar-refractivity contribution >= 4 is 17.0 Å². The van der Waals surface area contributed by atoms with E-state index in [-0.39, 0.29) is 17.6 Å². The van der Waals surface area contributed by atoms with Crippen LogP contribution in [-0.2, 0) is 23.4 Å². The Morgan fingerprint density at radius 2 is 1.93 bits per heavy atom. The number of pyridine rings is 1. The fraction of sp³-hybridized carbons (Fsp3) is 0.394. The average molecular weight is 582 g/mol. The van der Waals surface area contributed by atoms with Gasteiger partial charge in [-0.2, -0.15) is 5.26 Å². The number of carboxylic acid groups (broad SMARTS) is 1. The van der Waals surface area contributed by atoms with Gasteiger partial charge in [0.15, 0.2) is 0 Å². The third-order valence-electron chi connectivity index (χ3n) is 8.96. The summed E-state index contributed by atoms with van der Waals surface area (Å²) in [4.78, 5) is 23.7. The van der Waals surface area contributed by atoms with Gasteiger partial charge in [0.2, 0.25) is 5.88 Å². The first-order valence-electron chi connectivity index (χ1n) is 14.8. The van der Waals surface area contributed by atoms with E-state index in [4.69, 9.17) is 24.7 Å². The number of aromatic carboxylic acids is 1. The number of piperidine rings is 1. The van der Waals surface area contributed by atoms with Crippen LogP contribution in [0.15, 0.2) is 54.6 Å². The molecule has 1 unspecified atom stereocenters. The van der Waals surface area contributed by atoms with Crippen molar-refractivity contribution in [3.8, 4) is 11.9 Å². The summed E-state index contributed by atoms with van der Waals surface area (Å²) >= 11 is 0. The monoisotopic (exact) mass is 581 g/mol. The van der Waals surface area contributed by atoms with Crippen LogP contribution in [0.3, 0.4) is 0 Å². The highest BCUT2D eigenvalue weighted by molar-refractivity contribution is 5.92. The van der Waals surface area contributed by atoms with Crippen molar-refractivity contribution in [2.45, 2.75) is 62.8 Å². The van der Waals surface area contributed by atoms with Gasteiger partial charge < -0.3 is 19.1 Å². The summed E-state index contributed by atoms with van der Waals surface area (Å²) in [5.41, 5.74) is 2.89. The molecule has 1 saturated carbocycles. The summed E-state index contributed by atoms with van der Waals surface area (Å²) < 4.78 is 28.9. The molecule has 3 fully saturated rings. The minimum absolute atomic E-state index is 0.124. The zero-order valence-electron chi connectivity index (χ0n) is 23.7. The molecule has 1 N–H and O–H groups in total. The molecule has 4 heterocycles. The van der Waals surface area contributed by atoms with Crippen molar-refractivity contribution in [1.82, 2.24) is 19.4 Å². The van der Waals surface area contributed by atoms with Crippen LogP contribution >= 0.6 is 0 Å². The standard InChI is InChI=1S/C33H32FN5O4/c34-26-16-21(18-35)4-6-25(26)33(11-12-33)43-31-3-1-2-27(37-31)22-8-13-38(14-9-22)20-30-36-28-7-5-23(32(40)41)17-29(28)39(30)19-24-10-15-42-24/h1-7,16-17,22,24H,8-15,19-20H2,(H,40,41). The summed E-state index contributed by atoms with van der Waals surface area (Å²) in [5, 5.41) is 18.6. The molecule has 1 aliphatic carbocycles. The van der Waals surface area contributed by atoms with Gasteiger partial charge in [0.1, 0.15) is 17.2 Å². The molecule has 7 rings (SSSR count). The predicted octanol–water partition coefficient (Wildman–Crippen LogP) is 5.38. The predicted molar refractivity (Wildman–Crippen MR) is 155 cm³/mol. The first-order chi connectivity index (χ1) is 20.9. The Morgan fingerprint density at radius 1 is 1.12 bits per heavy atom. The number of likely N-dealkylation sites (tertiary alicyclic amines) is 1. The van der Waals surface area contributed by atoms with E-state index in [1.807, 2.05) is 24.3 Å². The average Bonchev–Trinajstić information content (AvgIpc) is 3.68. The molecule has 10 heteroatoms. The van der Waals surface area contributed by atoms with Gasteiger partial charge in [-0.3, -0.25) is 4.90 Å². The smallest absolute Gasteiger partial charge is 0.335 e. The van der Waals surface area contributed by atoms with Gasteiger partial charge in [-0.15, -0.1) is 0 Å². The molecule has 220 valence electrons. The third-order valence-corrected chi connectivity index (χ3v) is 8.96. The summed E-state index contributed by atoms with van der Waals surface area (Å²) in [6, 6.07) is 17.4. The number of benzene rings is 2. The lowest BCUT2D eigenvalue weighted by Crippen LogP contribution is -2.35. The van der Waals surface area contributed by atoms with Gasteiger partial charge in [-0.1, -0.05) is 12.1 Å². The summed E-state index contributed by atoms with van der Waals surface area (Å²) in [6.07, 6.45) is 4.38. The Bertz CT molecular complexity index is 1730. The van der Waals surface area contributed by atoms with Crippen molar-refractivity contribution in [3.63, 3.8) is 0 Å². The van der Waals surface area contributed by atoms with E-state index >= 15 is 0 Å². The normalized spacial score (nSPS) is 20.0. The van der Waals surface area contributed by atoms with E-state index in [1.54, 1.807) is 30.3 Å². The largest absolute Gasteiger partial charge is 0.478 e. The van der Waals surface area contributed by atoms with Gasteiger partial charge >= 0.3 is 5.97 Å². The molecule has 4 aromatic rings. The minimum atomic E-state index is -0.949. The highest BCUT2D eigenvalue weighted by Gasteiger charge is 2.49. The van der Waals surface area contributed by atoms with Crippen molar-refractivity contribution in [2.24, 2.45) is 0 Å². The van der Waals surface area contributed by atoms with Gasteiger partial charge in [-0.25, -0.2) is 19.2 Å². The Labute approximate surface area is 248 Å². The van der Waals surface area contributed by atoms with Gasteiger partial charge in [-0.05, 0) is 81.6 Å². The minimum Gasteiger partial charge on any atom is -0.478 e. The molecule has 1 atom stereocenters. The van der Waals surface area contributed by atoms with Crippen LogP contribution in [0.2, 0.25) is 0 Å². The highest BCUT2D eigenvalue weighted by atomic mass is 19.1. The molecule has 2 aliphatic heterocycles. The molecule has 3 aliphatic rings. The number of ether oxygens (including phenoxy) is 2. The number of hydrogen-bond donors (Lipinski definition) is 1. The number of fused-ring (bicyclic) bond motifs is 1. The van der Waals surface area contributed by atoms with Gasteiger partial charge in [0.05, 0.1) is 47.4 Å². The molecule has 0 spiro atoms. The van der Waals surface area contributed by atoms with E-state index in [9.17, 15) is 14.3 Å². The number of nitrogens with zero attached hydrogens (tertiary/aromatic N) is 5. The van der Waals surface area contributed by atoms with Crippen LogP contribution in [0, 0.1) is 17.1 Å². The summed E-state index contributed by atoms with van der Waals surface area (Å²) in [5.74, 6) is 0.326. The van der Waals surface area contributed by atoms with Gasteiger partial charge in [0, 0.05) is 29.8 Å². The lowest BCUT2D eigenvalue weighted by Gasteiger charge is -2.32. The van der Waals surface area contributed by atoms with Gasteiger partial charge in [0.25, 0.3) is 0 Å². The Balaban J connectivity index is 1.03.